The van der Waals surface area contributed by atoms with Crippen molar-refractivity contribution in [2.75, 3.05) is 0 Å². The summed E-state index contributed by atoms with van der Waals surface area (Å²) in [7, 11) is 0. The second kappa shape index (κ2) is 6.03. The van der Waals surface area contributed by atoms with Gasteiger partial charge in [-0.05, 0) is 17.7 Å². The molecule has 0 bridgehead atoms. The van der Waals surface area contributed by atoms with Gasteiger partial charge in [-0.2, -0.15) is 18.3 Å². The van der Waals surface area contributed by atoms with Gasteiger partial charge in [0.05, 0.1) is 5.02 Å². The molecule has 0 spiro atoms. The summed E-state index contributed by atoms with van der Waals surface area (Å²) in [6.45, 7) is 4.59. The van der Waals surface area contributed by atoms with Gasteiger partial charge in [-0.3, -0.25) is 0 Å². The van der Waals surface area contributed by atoms with Crippen molar-refractivity contribution in [3.63, 3.8) is 0 Å². The highest BCUT2D eigenvalue weighted by Gasteiger charge is 2.33. The lowest BCUT2D eigenvalue weighted by Gasteiger charge is -2.09. The Morgan fingerprint density at radius 2 is 2.10 bits per heavy atom. The molecule has 0 unspecified atom stereocenters. The molecule has 21 heavy (non-hydrogen) atoms. The zero-order valence-electron chi connectivity index (χ0n) is 11.4. The predicted octanol–water partition coefficient (Wildman–Crippen LogP) is 3.44. The van der Waals surface area contributed by atoms with Gasteiger partial charge in [-0.15, -0.1) is 0 Å². The second-order valence-electron chi connectivity index (χ2n) is 4.83. The van der Waals surface area contributed by atoms with Gasteiger partial charge in [-0.25, -0.2) is 9.67 Å². The van der Waals surface area contributed by atoms with Crippen LogP contribution in [0.25, 0.3) is 5.82 Å². The Hall–Kier alpha value is -1.60. The standard InChI is InChI=1S/C13H14ClF3N4/c1-8(2)18-6-9-5-10(14)12(19-7-9)21-4-3-11(20-21)13(15,16)17/h3-5,7-8,18H,6H2,1-2H3. The quantitative estimate of drug-likeness (QED) is 0.939. The number of alkyl halides is 3. The van der Waals surface area contributed by atoms with Gasteiger partial charge >= 0.3 is 6.18 Å². The molecule has 0 fully saturated rings. The van der Waals surface area contributed by atoms with E-state index in [0.29, 0.717) is 12.6 Å². The van der Waals surface area contributed by atoms with Crippen LogP contribution in [0.4, 0.5) is 13.2 Å². The maximum Gasteiger partial charge on any atom is 0.435 e. The Bertz CT molecular complexity index is 622. The number of hydrogen-bond donors (Lipinski definition) is 1. The fraction of sp³-hybridized carbons (Fsp3) is 0.385. The van der Waals surface area contributed by atoms with Gasteiger partial charge < -0.3 is 5.32 Å². The number of halogens is 4. The Morgan fingerprint density at radius 3 is 2.62 bits per heavy atom. The van der Waals surface area contributed by atoms with E-state index in [1.807, 2.05) is 13.8 Å². The molecule has 0 radical (unpaired) electrons. The Kier molecular flexibility index (Phi) is 4.53. The summed E-state index contributed by atoms with van der Waals surface area (Å²) in [6, 6.07) is 2.85. The lowest BCUT2D eigenvalue weighted by molar-refractivity contribution is -0.141. The molecular weight excluding hydrogens is 305 g/mol. The highest BCUT2D eigenvalue weighted by atomic mass is 35.5. The van der Waals surface area contributed by atoms with Crippen LogP contribution in [-0.2, 0) is 12.7 Å². The van der Waals surface area contributed by atoms with E-state index < -0.39 is 11.9 Å². The highest BCUT2D eigenvalue weighted by molar-refractivity contribution is 6.32. The number of nitrogens with zero attached hydrogens (tertiary/aromatic N) is 3. The van der Waals surface area contributed by atoms with Crippen molar-refractivity contribution in [2.45, 2.75) is 32.6 Å². The van der Waals surface area contributed by atoms with Crippen molar-refractivity contribution in [3.8, 4) is 5.82 Å². The SMILES string of the molecule is CC(C)NCc1cnc(-n2ccc(C(F)(F)F)n2)c(Cl)c1. The van der Waals surface area contributed by atoms with E-state index in [-0.39, 0.29) is 10.8 Å². The van der Waals surface area contributed by atoms with E-state index in [2.05, 4.69) is 15.4 Å². The second-order valence-corrected chi connectivity index (χ2v) is 5.24. The van der Waals surface area contributed by atoms with Crippen LogP contribution in [0.15, 0.2) is 24.5 Å². The molecule has 4 nitrogen and oxygen atoms in total. The van der Waals surface area contributed by atoms with E-state index in [0.717, 1.165) is 16.3 Å². The molecular formula is C13H14ClF3N4. The molecule has 2 aromatic rings. The van der Waals surface area contributed by atoms with Crippen LogP contribution in [0.1, 0.15) is 25.1 Å². The molecule has 2 heterocycles. The van der Waals surface area contributed by atoms with Crippen LogP contribution in [0.3, 0.4) is 0 Å². The van der Waals surface area contributed by atoms with E-state index in [1.54, 1.807) is 12.3 Å². The Labute approximate surface area is 124 Å². The van der Waals surface area contributed by atoms with Crippen molar-refractivity contribution in [1.29, 1.82) is 0 Å². The summed E-state index contributed by atoms with van der Waals surface area (Å²) in [4.78, 5) is 4.08. The molecule has 0 aliphatic rings. The van der Waals surface area contributed by atoms with Crippen molar-refractivity contribution in [3.05, 3.63) is 40.8 Å². The van der Waals surface area contributed by atoms with Crippen LogP contribution < -0.4 is 5.32 Å². The third-order valence-corrected chi connectivity index (χ3v) is 2.97. The monoisotopic (exact) mass is 318 g/mol. The van der Waals surface area contributed by atoms with Crippen LogP contribution in [-0.4, -0.2) is 20.8 Å². The van der Waals surface area contributed by atoms with Crippen LogP contribution in [0.2, 0.25) is 5.02 Å². The summed E-state index contributed by atoms with van der Waals surface area (Å²) >= 11 is 6.07. The smallest absolute Gasteiger partial charge is 0.310 e. The number of pyridine rings is 1. The number of aromatic nitrogens is 3. The summed E-state index contributed by atoms with van der Waals surface area (Å²) in [5, 5.41) is 6.89. The molecule has 8 heteroatoms. The fourth-order valence-electron chi connectivity index (χ4n) is 1.65. The zero-order valence-corrected chi connectivity index (χ0v) is 12.2. The zero-order chi connectivity index (χ0) is 15.6. The Morgan fingerprint density at radius 1 is 1.38 bits per heavy atom. The Balaban J connectivity index is 2.23. The molecule has 0 saturated carbocycles. The first kappa shape index (κ1) is 15.8. The maximum atomic E-state index is 12.5. The predicted molar refractivity (Wildman–Crippen MR) is 73.3 cm³/mol. The van der Waals surface area contributed by atoms with E-state index in [4.69, 9.17) is 11.6 Å². The lowest BCUT2D eigenvalue weighted by Crippen LogP contribution is -2.22. The fourth-order valence-corrected chi connectivity index (χ4v) is 1.93. The van der Waals surface area contributed by atoms with Crippen LogP contribution in [0, 0.1) is 0 Å². The van der Waals surface area contributed by atoms with Crippen molar-refractivity contribution in [2.24, 2.45) is 0 Å². The topological polar surface area (TPSA) is 42.7 Å². The largest absolute Gasteiger partial charge is 0.435 e. The molecule has 2 rings (SSSR count). The average molecular weight is 319 g/mol. The number of hydrogen-bond acceptors (Lipinski definition) is 3. The molecule has 0 aliphatic carbocycles. The third kappa shape index (κ3) is 3.95. The van der Waals surface area contributed by atoms with Crippen LogP contribution >= 0.6 is 11.6 Å². The highest BCUT2D eigenvalue weighted by Crippen LogP contribution is 2.28. The summed E-state index contributed by atoms with van der Waals surface area (Å²) in [5.41, 5.74) is -0.133. The minimum absolute atomic E-state index is 0.167. The average Bonchev–Trinajstić information content (AvgIpc) is 2.85. The molecule has 1 N–H and O–H groups in total. The van der Waals surface area contributed by atoms with Crippen molar-refractivity contribution < 1.29 is 13.2 Å². The molecule has 0 aliphatic heterocycles. The van der Waals surface area contributed by atoms with E-state index in [1.165, 1.54) is 6.20 Å². The summed E-state index contributed by atoms with van der Waals surface area (Å²) < 4.78 is 38.6. The minimum atomic E-state index is -4.49. The molecule has 0 atom stereocenters. The number of nitrogens with one attached hydrogen (secondary N) is 1. The molecule has 2 aromatic heterocycles. The van der Waals surface area contributed by atoms with Gasteiger partial charge in [0.1, 0.15) is 0 Å². The van der Waals surface area contributed by atoms with Crippen molar-refractivity contribution >= 4 is 11.6 Å². The van der Waals surface area contributed by atoms with E-state index in [9.17, 15) is 13.2 Å². The van der Waals surface area contributed by atoms with Gasteiger partial charge in [0.15, 0.2) is 11.5 Å². The van der Waals surface area contributed by atoms with Gasteiger partial charge in [0, 0.05) is 25.0 Å². The number of rotatable bonds is 4. The van der Waals surface area contributed by atoms with Crippen LogP contribution in [0.5, 0.6) is 0 Å². The summed E-state index contributed by atoms with van der Waals surface area (Å²) in [5.74, 6) is 0.167. The molecule has 0 saturated heterocycles. The third-order valence-electron chi connectivity index (χ3n) is 2.69. The van der Waals surface area contributed by atoms with Gasteiger partial charge in [0.25, 0.3) is 0 Å². The molecule has 0 amide bonds. The van der Waals surface area contributed by atoms with E-state index >= 15 is 0 Å². The summed E-state index contributed by atoms with van der Waals surface area (Å²) in [6.07, 6.45) is -1.74. The molecule has 0 aromatic carbocycles. The van der Waals surface area contributed by atoms with Gasteiger partial charge in [-0.1, -0.05) is 25.4 Å². The maximum absolute atomic E-state index is 12.5. The minimum Gasteiger partial charge on any atom is -0.310 e. The molecule has 114 valence electrons. The first-order chi connectivity index (χ1) is 9.77. The van der Waals surface area contributed by atoms with Gasteiger partial charge in [0.2, 0.25) is 0 Å². The lowest BCUT2D eigenvalue weighted by atomic mass is 10.2. The normalized spacial score (nSPS) is 12.1. The first-order valence-electron chi connectivity index (χ1n) is 6.28. The van der Waals surface area contributed by atoms with Crippen molar-refractivity contribution in [1.82, 2.24) is 20.1 Å². The first-order valence-corrected chi connectivity index (χ1v) is 6.66.